The average molecular weight is 150 g/mol. The molecule has 0 radical (unpaired) electrons. The molecule has 0 saturated carbocycles. The molecule has 50 valence electrons. The van der Waals surface area contributed by atoms with Crippen molar-refractivity contribution in [3.8, 4) is 0 Å². The third kappa shape index (κ3) is 0.762. The van der Waals surface area contributed by atoms with Gasteiger partial charge in [0.2, 0.25) is 0 Å². The fourth-order valence-corrected chi connectivity index (χ4v) is 1.98. The van der Waals surface area contributed by atoms with Crippen LogP contribution in [0.3, 0.4) is 0 Å². The number of carbonyl (C=O) groups excluding carboxylic acids is 1. The molecule has 0 aromatic rings. The zero-order valence-electron chi connectivity index (χ0n) is 5.28. The Balaban J connectivity index is 2.40. The maximum atomic E-state index is 11.1. The van der Waals surface area contributed by atoms with Gasteiger partial charge in [-0.2, -0.15) is 0 Å². The van der Waals surface area contributed by atoms with Crippen LogP contribution in [0.15, 0.2) is 34.6 Å². The molecule has 0 fully saturated rings. The Kier molecular flexibility index (Phi) is 1.27. The Morgan fingerprint density at radius 2 is 2.40 bits per heavy atom. The number of thioether (sulfide) groups is 1. The normalized spacial score (nSPS) is 28.6. The summed E-state index contributed by atoms with van der Waals surface area (Å²) in [6, 6.07) is 0. The highest BCUT2D eigenvalue weighted by Crippen LogP contribution is 2.36. The van der Waals surface area contributed by atoms with E-state index in [1.54, 1.807) is 17.8 Å². The van der Waals surface area contributed by atoms with Crippen LogP contribution in [0.2, 0.25) is 0 Å². The van der Waals surface area contributed by atoms with E-state index in [4.69, 9.17) is 0 Å². The predicted octanol–water partition coefficient (Wildman–Crippen LogP) is 1.89. The summed E-state index contributed by atoms with van der Waals surface area (Å²) in [6.07, 6.45) is 7.39. The molecule has 2 rings (SSSR count). The molecule has 1 unspecified atom stereocenters. The fraction of sp³-hybridized carbons (Fsp3) is 0.125. The van der Waals surface area contributed by atoms with Crippen LogP contribution in [-0.2, 0) is 4.79 Å². The van der Waals surface area contributed by atoms with Gasteiger partial charge < -0.3 is 0 Å². The largest absolute Gasteiger partial charge is 0.294 e. The molecule has 0 N–H and O–H groups in total. The van der Waals surface area contributed by atoms with Crippen molar-refractivity contribution in [1.29, 1.82) is 0 Å². The minimum atomic E-state index is 0.0509. The van der Waals surface area contributed by atoms with Gasteiger partial charge in [-0.05, 0) is 11.5 Å². The van der Waals surface area contributed by atoms with Gasteiger partial charge in [-0.1, -0.05) is 18.2 Å². The molecule has 1 heterocycles. The molecule has 0 bridgehead atoms. The second kappa shape index (κ2) is 2.13. The highest BCUT2D eigenvalue weighted by atomic mass is 32.2. The zero-order valence-corrected chi connectivity index (χ0v) is 6.10. The Bertz CT molecular complexity index is 260. The molecule has 0 saturated heterocycles. The molecule has 1 aliphatic heterocycles. The van der Waals surface area contributed by atoms with Crippen LogP contribution in [0.5, 0.6) is 0 Å². The van der Waals surface area contributed by atoms with Crippen molar-refractivity contribution in [2.24, 2.45) is 5.92 Å². The predicted molar refractivity (Wildman–Crippen MR) is 42.5 cm³/mol. The van der Waals surface area contributed by atoms with Crippen molar-refractivity contribution in [2.75, 3.05) is 0 Å². The van der Waals surface area contributed by atoms with Crippen molar-refractivity contribution >= 4 is 17.5 Å². The smallest absolute Gasteiger partial charge is 0.167 e. The number of rotatable bonds is 0. The van der Waals surface area contributed by atoms with Crippen LogP contribution >= 0.6 is 11.8 Å². The first-order chi connectivity index (χ1) is 4.88. The summed E-state index contributed by atoms with van der Waals surface area (Å²) in [5, 5.41) is 1.97. The van der Waals surface area contributed by atoms with E-state index in [1.807, 2.05) is 23.6 Å². The van der Waals surface area contributed by atoms with Crippen molar-refractivity contribution in [2.45, 2.75) is 0 Å². The summed E-state index contributed by atoms with van der Waals surface area (Å²) >= 11 is 1.64. The van der Waals surface area contributed by atoms with Crippen LogP contribution in [0.4, 0.5) is 0 Å². The van der Waals surface area contributed by atoms with Crippen LogP contribution < -0.4 is 0 Å². The molecular weight excluding hydrogens is 144 g/mol. The SMILES string of the molecule is O=C1C=CC=C2SC=CC12. The van der Waals surface area contributed by atoms with E-state index in [9.17, 15) is 4.79 Å². The molecule has 1 nitrogen and oxygen atoms in total. The van der Waals surface area contributed by atoms with Crippen molar-refractivity contribution in [3.05, 3.63) is 34.6 Å². The molecule has 0 amide bonds. The summed E-state index contributed by atoms with van der Waals surface area (Å²) < 4.78 is 0. The van der Waals surface area contributed by atoms with E-state index in [0.717, 1.165) is 4.91 Å². The number of fused-ring (bicyclic) bond motifs is 1. The quantitative estimate of drug-likeness (QED) is 0.524. The maximum Gasteiger partial charge on any atom is 0.167 e. The van der Waals surface area contributed by atoms with Crippen molar-refractivity contribution < 1.29 is 4.79 Å². The number of hydrogen-bond donors (Lipinski definition) is 0. The van der Waals surface area contributed by atoms with E-state index in [2.05, 4.69) is 0 Å². The van der Waals surface area contributed by atoms with Gasteiger partial charge in [-0.25, -0.2) is 0 Å². The third-order valence-electron chi connectivity index (χ3n) is 1.61. The topological polar surface area (TPSA) is 17.1 Å². The number of carbonyl (C=O) groups is 1. The summed E-state index contributed by atoms with van der Waals surface area (Å²) in [7, 11) is 0. The van der Waals surface area contributed by atoms with Gasteiger partial charge in [0.15, 0.2) is 5.78 Å². The van der Waals surface area contributed by atoms with Crippen LogP contribution in [0.1, 0.15) is 0 Å². The molecular formula is C8H6OS. The molecule has 0 spiro atoms. The average Bonchev–Trinajstić information content (AvgIpc) is 2.36. The van der Waals surface area contributed by atoms with Crippen molar-refractivity contribution in [3.63, 3.8) is 0 Å². The third-order valence-corrected chi connectivity index (χ3v) is 2.56. The zero-order chi connectivity index (χ0) is 6.97. The number of ketones is 1. The second-order valence-electron chi connectivity index (χ2n) is 2.25. The van der Waals surface area contributed by atoms with Gasteiger partial charge in [0.05, 0.1) is 5.92 Å². The van der Waals surface area contributed by atoms with Gasteiger partial charge in [0.1, 0.15) is 0 Å². The van der Waals surface area contributed by atoms with E-state index in [1.165, 1.54) is 0 Å². The first kappa shape index (κ1) is 5.98. The van der Waals surface area contributed by atoms with E-state index in [-0.39, 0.29) is 11.7 Å². The molecule has 2 heteroatoms. The highest BCUT2D eigenvalue weighted by Gasteiger charge is 2.23. The summed E-state index contributed by atoms with van der Waals surface area (Å²) in [5.74, 6) is 0.258. The van der Waals surface area contributed by atoms with Crippen LogP contribution in [0, 0.1) is 5.92 Å². The summed E-state index contributed by atoms with van der Waals surface area (Å²) in [5.41, 5.74) is 0. The van der Waals surface area contributed by atoms with Gasteiger partial charge in [0, 0.05) is 4.91 Å². The summed E-state index contributed by atoms with van der Waals surface area (Å²) in [4.78, 5) is 12.2. The first-order valence-corrected chi connectivity index (χ1v) is 4.01. The Hall–Kier alpha value is -0.760. The Morgan fingerprint density at radius 3 is 3.20 bits per heavy atom. The lowest BCUT2D eigenvalue weighted by molar-refractivity contribution is -0.115. The molecule has 1 atom stereocenters. The van der Waals surface area contributed by atoms with Gasteiger partial charge >= 0.3 is 0 Å². The molecule has 0 aromatic carbocycles. The molecule has 10 heavy (non-hydrogen) atoms. The number of allylic oxidation sites excluding steroid dienone is 5. The fourth-order valence-electron chi connectivity index (χ4n) is 1.08. The minimum absolute atomic E-state index is 0.0509. The lowest BCUT2D eigenvalue weighted by Crippen LogP contribution is -2.10. The molecule has 2 aliphatic rings. The number of hydrogen-bond acceptors (Lipinski definition) is 2. The maximum absolute atomic E-state index is 11.1. The van der Waals surface area contributed by atoms with Crippen molar-refractivity contribution in [1.82, 2.24) is 0 Å². The van der Waals surface area contributed by atoms with Crippen LogP contribution in [0.25, 0.3) is 0 Å². The monoisotopic (exact) mass is 150 g/mol. The second-order valence-corrected chi connectivity index (χ2v) is 3.23. The Labute approximate surface area is 63.5 Å². The molecule has 0 aromatic heterocycles. The minimum Gasteiger partial charge on any atom is -0.294 e. The highest BCUT2D eigenvalue weighted by molar-refractivity contribution is 8.06. The standard InChI is InChI=1S/C8H6OS/c9-7-2-1-3-8-6(7)4-5-10-8/h1-6H. The van der Waals surface area contributed by atoms with E-state index in [0.29, 0.717) is 0 Å². The first-order valence-electron chi connectivity index (χ1n) is 3.13. The Morgan fingerprint density at radius 1 is 1.50 bits per heavy atom. The van der Waals surface area contributed by atoms with Crippen LogP contribution in [-0.4, -0.2) is 5.78 Å². The van der Waals surface area contributed by atoms with E-state index >= 15 is 0 Å². The summed E-state index contributed by atoms with van der Waals surface area (Å²) in [6.45, 7) is 0. The van der Waals surface area contributed by atoms with Gasteiger partial charge in [-0.15, -0.1) is 11.8 Å². The lowest BCUT2D eigenvalue weighted by Gasteiger charge is -2.08. The lowest BCUT2D eigenvalue weighted by atomic mass is 10.00. The molecule has 1 aliphatic carbocycles. The van der Waals surface area contributed by atoms with Gasteiger partial charge in [0.25, 0.3) is 0 Å². The van der Waals surface area contributed by atoms with E-state index < -0.39 is 0 Å². The van der Waals surface area contributed by atoms with Gasteiger partial charge in [-0.3, -0.25) is 4.79 Å².